The molecule has 0 aliphatic carbocycles. The van der Waals surface area contributed by atoms with Gasteiger partial charge in [-0.2, -0.15) is 0 Å². The van der Waals surface area contributed by atoms with Crippen molar-refractivity contribution >= 4 is 22.6 Å². The standard InChI is InChI=1S/C19H20ClN3O/c20-16-5-3-4-15(12-16)13-23-18-7-2-1-6-17(18)21-19(23)14-22-8-10-24-11-9-22/h1-7,12H,8-11,13-14H2/p+1. The van der Waals surface area contributed by atoms with Crippen molar-refractivity contribution < 1.29 is 9.64 Å². The number of para-hydroxylation sites is 2. The van der Waals surface area contributed by atoms with Crippen molar-refractivity contribution in [2.45, 2.75) is 13.1 Å². The number of nitrogens with zero attached hydrogens (tertiary/aromatic N) is 2. The van der Waals surface area contributed by atoms with Crippen LogP contribution in [-0.4, -0.2) is 35.9 Å². The second-order valence-corrected chi connectivity index (χ2v) is 6.71. The molecule has 2 heterocycles. The smallest absolute Gasteiger partial charge is 0.165 e. The molecule has 0 bridgehead atoms. The first-order valence-corrected chi connectivity index (χ1v) is 8.77. The van der Waals surface area contributed by atoms with E-state index in [1.165, 1.54) is 16.0 Å². The Balaban J connectivity index is 1.69. The van der Waals surface area contributed by atoms with Crippen molar-refractivity contribution in [2.75, 3.05) is 26.3 Å². The van der Waals surface area contributed by atoms with E-state index in [0.29, 0.717) is 0 Å². The van der Waals surface area contributed by atoms with Gasteiger partial charge in [-0.05, 0) is 29.8 Å². The van der Waals surface area contributed by atoms with Gasteiger partial charge in [0.15, 0.2) is 5.82 Å². The molecule has 2 aromatic carbocycles. The number of quaternary nitrogens is 1. The van der Waals surface area contributed by atoms with Gasteiger partial charge < -0.3 is 14.2 Å². The van der Waals surface area contributed by atoms with Crippen molar-refractivity contribution in [1.82, 2.24) is 9.55 Å². The number of halogens is 1. The van der Waals surface area contributed by atoms with Crippen LogP contribution in [-0.2, 0) is 17.8 Å². The molecule has 0 saturated carbocycles. The van der Waals surface area contributed by atoms with Gasteiger partial charge in [0.25, 0.3) is 0 Å². The zero-order valence-electron chi connectivity index (χ0n) is 13.5. The van der Waals surface area contributed by atoms with Gasteiger partial charge in [0.2, 0.25) is 0 Å². The molecule has 3 aromatic rings. The lowest BCUT2D eigenvalue weighted by molar-refractivity contribution is -0.922. The van der Waals surface area contributed by atoms with Gasteiger partial charge in [-0.1, -0.05) is 35.9 Å². The molecule has 1 saturated heterocycles. The fraction of sp³-hybridized carbons (Fsp3) is 0.316. The Hall–Kier alpha value is -1.88. The van der Waals surface area contributed by atoms with Crippen LogP contribution in [0.15, 0.2) is 48.5 Å². The summed E-state index contributed by atoms with van der Waals surface area (Å²) in [5, 5.41) is 0.775. The molecule has 0 spiro atoms. The van der Waals surface area contributed by atoms with Crippen molar-refractivity contribution in [3.05, 3.63) is 64.9 Å². The van der Waals surface area contributed by atoms with Crippen LogP contribution in [0.5, 0.6) is 0 Å². The number of benzene rings is 2. The molecule has 4 nitrogen and oxygen atoms in total. The highest BCUT2D eigenvalue weighted by Crippen LogP contribution is 2.19. The summed E-state index contributed by atoms with van der Waals surface area (Å²) in [6, 6.07) is 16.4. The largest absolute Gasteiger partial charge is 0.370 e. The number of ether oxygens (including phenoxy) is 1. The van der Waals surface area contributed by atoms with Crippen LogP contribution < -0.4 is 4.90 Å². The highest BCUT2D eigenvalue weighted by Gasteiger charge is 2.19. The lowest BCUT2D eigenvalue weighted by Gasteiger charge is -2.23. The Morgan fingerprint density at radius 2 is 1.92 bits per heavy atom. The van der Waals surface area contributed by atoms with Crippen LogP contribution >= 0.6 is 11.6 Å². The number of hydrogen-bond donors (Lipinski definition) is 1. The van der Waals surface area contributed by atoms with E-state index >= 15 is 0 Å². The minimum atomic E-state index is 0.775. The molecule has 4 rings (SSSR count). The number of fused-ring (bicyclic) bond motifs is 1. The molecular formula is C19H21ClN3O+. The van der Waals surface area contributed by atoms with Gasteiger partial charge in [0.1, 0.15) is 19.6 Å². The first-order valence-electron chi connectivity index (χ1n) is 8.39. The molecule has 0 radical (unpaired) electrons. The third-order valence-electron chi connectivity index (χ3n) is 4.57. The number of aromatic nitrogens is 2. The van der Waals surface area contributed by atoms with E-state index in [4.69, 9.17) is 21.3 Å². The Labute approximate surface area is 146 Å². The maximum atomic E-state index is 6.16. The van der Waals surface area contributed by atoms with Gasteiger partial charge in [0.05, 0.1) is 24.2 Å². The predicted octanol–water partition coefficient (Wildman–Crippen LogP) is 2.15. The number of imidazole rings is 1. The maximum Gasteiger partial charge on any atom is 0.165 e. The second kappa shape index (κ2) is 6.93. The van der Waals surface area contributed by atoms with Crippen LogP contribution in [0.3, 0.4) is 0 Å². The molecule has 1 aliphatic rings. The zero-order valence-corrected chi connectivity index (χ0v) is 14.3. The lowest BCUT2D eigenvalue weighted by Crippen LogP contribution is -3.12. The fourth-order valence-electron chi connectivity index (χ4n) is 3.32. The normalized spacial score (nSPS) is 15.9. The van der Waals surface area contributed by atoms with Gasteiger partial charge >= 0.3 is 0 Å². The molecule has 1 fully saturated rings. The van der Waals surface area contributed by atoms with Gasteiger partial charge in [0, 0.05) is 11.6 Å². The second-order valence-electron chi connectivity index (χ2n) is 6.27. The molecule has 24 heavy (non-hydrogen) atoms. The first kappa shape index (κ1) is 15.6. The predicted molar refractivity (Wildman–Crippen MR) is 95.5 cm³/mol. The molecule has 0 amide bonds. The molecular weight excluding hydrogens is 322 g/mol. The first-order chi connectivity index (χ1) is 11.8. The Bertz CT molecular complexity index is 839. The van der Waals surface area contributed by atoms with Crippen LogP contribution in [0.25, 0.3) is 11.0 Å². The van der Waals surface area contributed by atoms with Crippen LogP contribution in [0, 0.1) is 0 Å². The van der Waals surface area contributed by atoms with E-state index in [2.05, 4.69) is 28.8 Å². The van der Waals surface area contributed by atoms with Crippen LogP contribution in [0.4, 0.5) is 0 Å². The van der Waals surface area contributed by atoms with Crippen molar-refractivity contribution in [3.8, 4) is 0 Å². The number of morpholine rings is 1. The van der Waals surface area contributed by atoms with Gasteiger partial charge in [-0.15, -0.1) is 0 Å². The zero-order chi connectivity index (χ0) is 16.4. The quantitative estimate of drug-likeness (QED) is 0.788. The minimum absolute atomic E-state index is 0.775. The molecule has 1 N–H and O–H groups in total. The minimum Gasteiger partial charge on any atom is -0.370 e. The van der Waals surface area contributed by atoms with Crippen molar-refractivity contribution in [1.29, 1.82) is 0 Å². The summed E-state index contributed by atoms with van der Waals surface area (Å²) in [7, 11) is 0. The molecule has 0 unspecified atom stereocenters. The number of hydrogen-bond acceptors (Lipinski definition) is 2. The molecule has 1 aliphatic heterocycles. The van der Waals surface area contributed by atoms with E-state index < -0.39 is 0 Å². The Kier molecular flexibility index (Phi) is 4.52. The average Bonchev–Trinajstić information content (AvgIpc) is 2.93. The average molecular weight is 343 g/mol. The SMILES string of the molecule is Clc1cccc(Cn2c(C[NH+]3CCOCC3)nc3ccccc32)c1. The molecule has 5 heteroatoms. The van der Waals surface area contributed by atoms with Crippen molar-refractivity contribution in [2.24, 2.45) is 0 Å². The van der Waals surface area contributed by atoms with E-state index in [0.717, 1.165) is 55.8 Å². The van der Waals surface area contributed by atoms with E-state index in [9.17, 15) is 0 Å². The molecule has 1 aromatic heterocycles. The number of nitrogens with one attached hydrogen (secondary N) is 1. The van der Waals surface area contributed by atoms with Crippen LogP contribution in [0.2, 0.25) is 5.02 Å². The monoisotopic (exact) mass is 342 g/mol. The molecule has 0 atom stereocenters. The van der Waals surface area contributed by atoms with E-state index in [1.807, 2.05) is 24.3 Å². The summed E-state index contributed by atoms with van der Waals surface area (Å²) in [6.45, 7) is 5.48. The summed E-state index contributed by atoms with van der Waals surface area (Å²) >= 11 is 6.16. The Morgan fingerprint density at radius 3 is 2.75 bits per heavy atom. The third kappa shape index (κ3) is 3.31. The van der Waals surface area contributed by atoms with Gasteiger partial charge in [-0.3, -0.25) is 0 Å². The highest BCUT2D eigenvalue weighted by atomic mass is 35.5. The van der Waals surface area contributed by atoms with E-state index in [-0.39, 0.29) is 0 Å². The Morgan fingerprint density at radius 1 is 1.08 bits per heavy atom. The fourth-order valence-corrected chi connectivity index (χ4v) is 3.53. The number of rotatable bonds is 4. The summed E-state index contributed by atoms with van der Waals surface area (Å²) in [6.07, 6.45) is 0. The van der Waals surface area contributed by atoms with Crippen LogP contribution in [0.1, 0.15) is 11.4 Å². The lowest BCUT2D eigenvalue weighted by atomic mass is 10.2. The summed E-state index contributed by atoms with van der Waals surface area (Å²) in [4.78, 5) is 6.43. The highest BCUT2D eigenvalue weighted by molar-refractivity contribution is 6.30. The summed E-state index contributed by atoms with van der Waals surface area (Å²) in [5.74, 6) is 1.13. The maximum absolute atomic E-state index is 6.16. The van der Waals surface area contributed by atoms with Gasteiger partial charge in [-0.25, -0.2) is 4.98 Å². The topological polar surface area (TPSA) is 31.5 Å². The summed E-state index contributed by atoms with van der Waals surface area (Å²) in [5.41, 5.74) is 3.44. The summed E-state index contributed by atoms with van der Waals surface area (Å²) < 4.78 is 7.80. The van der Waals surface area contributed by atoms with Crippen molar-refractivity contribution in [3.63, 3.8) is 0 Å². The van der Waals surface area contributed by atoms with E-state index in [1.54, 1.807) is 0 Å². The molecule has 124 valence electrons. The third-order valence-corrected chi connectivity index (χ3v) is 4.81.